The molecular formula is C22H18N2OS. The Kier molecular flexibility index (Phi) is 4.84. The predicted molar refractivity (Wildman–Crippen MR) is 108 cm³/mol. The van der Waals surface area contributed by atoms with Gasteiger partial charge in [0.2, 0.25) is 0 Å². The first-order valence-electron chi connectivity index (χ1n) is 8.42. The van der Waals surface area contributed by atoms with Crippen LogP contribution in [-0.2, 0) is 5.75 Å². The van der Waals surface area contributed by atoms with Gasteiger partial charge in [0.05, 0.1) is 7.11 Å². The number of hydrogen-bond donors (Lipinski definition) is 0. The molecule has 0 N–H and O–H groups in total. The van der Waals surface area contributed by atoms with E-state index in [0.29, 0.717) is 0 Å². The van der Waals surface area contributed by atoms with Crippen LogP contribution in [0.4, 0.5) is 0 Å². The van der Waals surface area contributed by atoms with E-state index in [9.17, 15) is 0 Å². The van der Waals surface area contributed by atoms with Crippen molar-refractivity contribution in [2.24, 2.45) is 0 Å². The van der Waals surface area contributed by atoms with Gasteiger partial charge in [0.1, 0.15) is 16.5 Å². The first-order valence-corrected chi connectivity index (χ1v) is 9.40. The van der Waals surface area contributed by atoms with Crippen molar-refractivity contribution in [1.82, 2.24) is 10.2 Å². The molecule has 0 atom stereocenters. The molecule has 0 saturated heterocycles. The Bertz CT molecular complexity index is 1030. The molecule has 0 radical (unpaired) electrons. The van der Waals surface area contributed by atoms with Gasteiger partial charge in [-0.15, -0.1) is 10.2 Å². The molecule has 0 aliphatic heterocycles. The first-order chi connectivity index (χ1) is 12.8. The van der Waals surface area contributed by atoms with Gasteiger partial charge in [0.25, 0.3) is 0 Å². The van der Waals surface area contributed by atoms with E-state index in [-0.39, 0.29) is 0 Å². The van der Waals surface area contributed by atoms with Gasteiger partial charge in [-0.1, -0.05) is 78.5 Å². The Morgan fingerprint density at radius 2 is 1.58 bits per heavy atom. The van der Waals surface area contributed by atoms with Crippen LogP contribution in [0.2, 0.25) is 0 Å². The molecular weight excluding hydrogens is 340 g/mol. The normalized spacial score (nSPS) is 10.8. The highest BCUT2D eigenvalue weighted by Crippen LogP contribution is 2.33. The highest BCUT2D eigenvalue weighted by molar-refractivity contribution is 7.98. The number of nitrogens with zero attached hydrogens (tertiary/aromatic N) is 2. The van der Waals surface area contributed by atoms with E-state index < -0.39 is 0 Å². The molecule has 3 nitrogen and oxygen atoms in total. The van der Waals surface area contributed by atoms with Gasteiger partial charge in [-0.2, -0.15) is 0 Å². The minimum absolute atomic E-state index is 0.820. The fourth-order valence-corrected chi connectivity index (χ4v) is 3.82. The molecule has 0 spiro atoms. The molecule has 4 aromatic rings. The van der Waals surface area contributed by atoms with Gasteiger partial charge in [0, 0.05) is 22.1 Å². The maximum absolute atomic E-state index is 5.30. The second kappa shape index (κ2) is 7.58. The maximum Gasteiger partial charge on any atom is 0.127 e. The van der Waals surface area contributed by atoms with Crippen molar-refractivity contribution in [3.05, 3.63) is 84.4 Å². The number of hydrogen-bond acceptors (Lipinski definition) is 4. The molecule has 4 rings (SSSR count). The van der Waals surface area contributed by atoms with Crippen LogP contribution in [0, 0.1) is 0 Å². The molecule has 4 heteroatoms. The first kappa shape index (κ1) is 16.6. The molecule has 0 aliphatic carbocycles. The number of rotatable bonds is 5. The number of aromatic nitrogens is 2. The summed E-state index contributed by atoms with van der Waals surface area (Å²) in [4.78, 5) is 0. The number of thioether (sulfide) groups is 1. The molecule has 3 aromatic carbocycles. The van der Waals surface area contributed by atoms with E-state index in [4.69, 9.17) is 4.74 Å². The molecule has 0 fully saturated rings. The number of methoxy groups -OCH3 is 1. The number of benzene rings is 3. The Morgan fingerprint density at radius 3 is 2.38 bits per heavy atom. The van der Waals surface area contributed by atoms with Crippen molar-refractivity contribution < 1.29 is 4.74 Å². The number of fused-ring (bicyclic) bond motifs is 1. The summed E-state index contributed by atoms with van der Waals surface area (Å²) < 4.78 is 5.30. The van der Waals surface area contributed by atoms with E-state index in [1.54, 1.807) is 18.9 Å². The van der Waals surface area contributed by atoms with Crippen LogP contribution in [0.25, 0.3) is 22.0 Å². The molecule has 0 saturated carbocycles. The van der Waals surface area contributed by atoms with Crippen molar-refractivity contribution in [2.75, 3.05) is 7.11 Å². The largest absolute Gasteiger partial charge is 0.497 e. The average molecular weight is 358 g/mol. The predicted octanol–water partition coefficient (Wildman–Crippen LogP) is 5.60. The molecule has 128 valence electrons. The summed E-state index contributed by atoms with van der Waals surface area (Å²) in [6.45, 7) is 0. The van der Waals surface area contributed by atoms with Crippen molar-refractivity contribution in [2.45, 2.75) is 10.8 Å². The van der Waals surface area contributed by atoms with E-state index in [1.807, 2.05) is 42.5 Å². The summed E-state index contributed by atoms with van der Waals surface area (Å²) in [5.74, 6) is 1.69. The third kappa shape index (κ3) is 3.41. The summed E-state index contributed by atoms with van der Waals surface area (Å²) in [5.41, 5.74) is 3.21. The summed E-state index contributed by atoms with van der Waals surface area (Å²) in [5, 5.41) is 12.3. The summed E-state index contributed by atoms with van der Waals surface area (Å²) >= 11 is 1.70. The van der Waals surface area contributed by atoms with E-state index >= 15 is 0 Å². The lowest BCUT2D eigenvalue weighted by molar-refractivity contribution is 0.414. The highest BCUT2D eigenvalue weighted by atomic mass is 32.2. The third-order valence-electron chi connectivity index (χ3n) is 4.21. The van der Waals surface area contributed by atoms with Crippen LogP contribution < -0.4 is 4.74 Å². The zero-order valence-electron chi connectivity index (χ0n) is 14.4. The Hall–Kier alpha value is -2.85. The van der Waals surface area contributed by atoms with Crippen LogP contribution in [-0.4, -0.2) is 17.3 Å². The minimum Gasteiger partial charge on any atom is -0.497 e. The molecule has 1 heterocycles. The SMILES string of the molecule is COc1cccc(CSc2nnc(-c3ccccc3)c3ccccc23)c1. The van der Waals surface area contributed by atoms with Crippen molar-refractivity contribution in [1.29, 1.82) is 0 Å². The topological polar surface area (TPSA) is 35.0 Å². The molecule has 0 unspecified atom stereocenters. The van der Waals surface area contributed by atoms with Gasteiger partial charge < -0.3 is 4.74 Å². The zero-order valence-corrected chi connectivity index (χ0v) is 15.2. The lowest BCUT2D eigenvalue weighted by Crippen LogP contribution is -1.94. The fourth-order valence-electron chi connectivity index (χ4n) is 2.91. The Balaban J connectivity index is 1.68. The summed E-state index contributed by atoms with van der Waals surface area (Å²) in [6, 6.07) is 26.7. The molecule has 0 bridgehead atoms. The monoisotopic (exact) mass is 358 g/mol. The summed E-state index contributed by atoms with van der Waals surface area (Å²) in [7, 11) is 1.69. The van der Waals surface area contributed by atoms with Crippen molar-refractivity contribution >= 4 is 22.5 Å². The van der Waals surface area contributed by atoms with Gasteiger partial charge in [0.15, 0.2) is 0 Å². The van der Waals surface area contributed by atoms with Crippen LogP contribution >= 0.6 is 11.8 Å². The quantitative estimate of drug-likeness (QED) is 0.435. The van der Waals surface area contributed by atoms with E-state index in [2.05, 4.69) is 46.6 Å². The zero-order chi connectivity index (χ0) is 17.8. The highest BCUT2D eigenvalue weighted by Gasteiger charge is 2.11. The second-order valence-corrected chi connectivity index (χ2v) is 6.87. The Morgan fingerprint density at radius 1 is 0.808 bits per heavy atom. The van der Waals surface area contributed by atoms with Gasteiger partial charge >= 0.3 is 0 Å². The fraction of sp³-hybridized carbons (Fsp3) is 0.0909. The van der Waals surface area contributed by atoms with Crippen LogP contribution in [0.1, 0.15) is 5.56 Å². The Labute approximate surface area is 157 Å². The van der Waals surface area contributed by atoms with Crippen LogP contribution in [0.5, 0.6) is 5.75 Å². The minimum atomic E-state index is 0.820. The standard InChI is InChI=1S/C22H18N2OS/c1-25-18-11-7-8-16(14-18)15-26-22-20-13-6-5-12-19(20)21(23-24-22)17-9-3-2-4-10-17/h2-14H,15H2,1H3. The third-order valence-corrected chi connectivity index (χ3v) is 5.26. The van der Waals surface area contributed by atoms with Gasteiger partial charge in [-0.3, -0.25) is 0 Å². The second-order valence-electron chi connectivity index (χ2n) is 5.91. The lowest BCUT2D eigenvalue weighted by atomic mass is 10.1. The lowest BCUT2D eigenvalue weighted by Gasteiger charge is -2.09. The van der Waals surface area contributed by atoms with E-state index in [0.717, 1.165) is 38.6 Å². The number of ether oxygens (including phenoxy) is 1. The maximum atomic E-state index is 5.30. The average Bonchev–Trinajstić information content (AvgIpc) is 2.72. The van der Waals surface area contributed by atoms with E-state index in [1.165, 1.54) is 5.56 Å². The smallest absolute Gasteiger partial charge is 0.127 e. The summed E-state index contributed by atoms with van der Waals surface area (Å²) in [6.07, 6.45) is 0. The molecule has 0 aliphatic rings. The van der Waals surface area contributed by atoms with Crippen molar-refractivity contribution in [3.63, 3.8) is 0 Å². The van der Waals surface area contributed by atoms with Gasteiger partial charge in [-0.05, 0) is 17.7 Å². The molecule has 1 aromatic heterocycles. The van der Waals surface area contributed by atoms with Crippen LogP contribution in [0.15, 0.2) is 83.9 Å². The van der Waals surface area contributed by atoms with Crippen LogP contribution in [0.3, 0.4) is 0 Å². The molecule has 0 amide bonds. The van der Waals surface area contributed by atoms with Gasteiger partial charge in [-0.25, -0.2) is 0 Å². The molecule has 26 heavy (non-hydrogen) atoms. The van der Waals surface area contributed by atoms with Crippen molar-refractivity contribution in [3.8, 4) is 17.0 Å².